The Morgan fingerprint density at radius 2 is 0.360 bits per heavy atom. The monoisotopic (exact) mass is 1270 g/mol. The van der Waals surface area contributed by atoms with Gasteiger partial charge in [0.15, 0.2) is 0 Å². The van der Waals surface area contributed by atoms with Crippen molar-refractivity contribution in [2.75, 3.05) is 26.4 Å². The highest BCUT2D eigenvalue weighted by Crippen LogP contribution is 2.25. The number of aliphatic hydroxyl groups excluding tert-OH is 4. The number of ether oxygens (including phenoxy) is 4. The Morgan fingerprint density at radius 3 is 0.517 bits per heavy atom. The van der Waals surface area contributed by atoms with Gasteiger partial charge in [-0.15, -0.1) is 0 Å². The van der Waals surface area contributed by atoms with Crippen LogP contribution in [0.1, 0.15) is 413 Å². The molecule has 0 aliphatic heterocycles. The number of hydrogen-bond donors (Lipinski definition) is 4. The van der Waals surface area contributed by atoms with Gasteiger partial charge in [-0.05, 0) is 77.0 Å². The predicted molar refractivity (Wildman–Crippen MR) is 370 cm³/mol. The van der Waals surface area contributed by atoms with Crippen LogP contribution in [0, 0.1) is 5.41 Å². The molecule has 0 spiro atoms. The van der Waals surface area contributed by atoms with E-state index in [1.807, 2.05) is 0 Å². The van der Waals surface area contributed by atoms with E-state index < -0.39 is 53.7 Å². The molecule has 0 saturated heterocycles. The van der Waals surface area contributed by atoms with Crippen LogP contribution in [0.15, 0.2) is 0 Å². The van der Waals surface area contributed by atoms with Gasteiger partial charge in [0.05, 0.1) is 24.4 Å². The van der Waals surface area contributed by atoms with Crippen molar-refractivity contribution in [2.45, 2.75) is 437 Å². The summed E-state index contributed by atoms with van der Waals surface area (Å²) in [6, 6.07) is 0. The van der Waals surface area contributed by atoms with Crippen LogP contribution >= 0.6 is 0 Å². The molecule has 0 aromatic heterocycles. The van der Waals surface area contributed by atoms with Crippen LogP contribution < -0.4 is 0 Å². The lowest BCUT2D eigenvalue weighted by molar-refractivity contribution is -0.170. The minimum atomic E-state index is -1.43. The zero-order chi connectivity index (χ0) is 65.2. The molecule has 0 rings (SSSR count). The molecule has 12 heteroatoms. The molecule has 0 aliphatic rings. The maximum atomic E-state index is 13.4. The Kier molecular flexibility index (Phi) is 65.4. The number of aliphatic hydroxyl groups is 4. The van der Waals surface area contributed by atoms with E-state index in [2.05, 4.69) is 27.7 Å². The molecule has 0 heterocycles. The molecule has 89 heavy (non-hydrogen) atoms. The van der Waals surface area contributed by atoms with Gasteiger partial charge in [-0.3, -0.25) is 19.2 Å². The second kappa shape index (κ2) is 67.2. The lowest BCUT2D eigenvalue weighted by Gasteiger charge is -2.31. The number of carbonyl (C=O) groups is 4. The minimum absolute atomic E-state index is 0.0509. The fourth-order valence-corrected chi connectivity index (χ4v) is 12.2. The van der Waals surface area contributed by atoms with Gasteiger partial charge in [-0.2, -0.15) is 0 Å². The second-order valence-corrected chi connectivity index (χ2v) is 27.6. The molecule has 0 aromatic rings. The normalized spacial score (nSPS) is 13.7. The SMILES string of the molecule is CCCCCCCCCCCCCC(O)CCCC(=O)OCC(COC(=O)CCCC(O)CCCCCCCCCCCCC)(COC(=O)CCCC(O)CCCCCCCCCCCCC)COC(=O)CCCC(O)CCCCCCCCCCCCC. The highest BCUT2D eigenvalue weighted by molar-refractivity contribution is 5.71. The van der Waals surface area contributed by atoms with Crippen molar-refractivity contribution in [1.29, 1.82) is 0 Å². The van der Waals surface area contributed by atoms with Gasteiger partial charge in [-0.25, -0.2) is 0 Å². The van der Waals surface area contributed by atoms with Gasteiger partial charge in [0, 0.05) is 25.7 Å². The van der Waals surface area contributed by atoms with E-state index in [1.54, 1.807) is 0 Å². The fourth-order valence-electron chi connectivity index (χ4n) is 12.2. The van der Waals surface area contributed by atoms with Gasteiger partial charge in [0.25, 0.3) is 0 Å². The molecule has 0 amide bonds. The molecule has 0 aliphatic carbocycles. The van der Waals surface area contributed by atoms with Gasteiger partial charge < -0.3 is 39.4 Å². The van der Waals surface area contributed by atoms with E-state index in [4.69, 9.17) is 18.9 Å². The predicted octanol–water partition coefficient (Wildman–Crippen LogP) is 21.1. The lowest BCUT2D eigenvalue weighted by Crippen LogP contribution is -2.44. The smallest absolute Gasteiger partial charge is 0.305 e. The molecule has 0 aromatic carbocycles. The molecule has 0 saturated carbocycles. The first-order valence-electron chi connectivity index (χ1n) is 38.7. The van der Waals surface area contributed by atoms with Crippen LogP contribution in [-0.2, 0) is 38.1 Å². The van der Waals surface area contributed by atoms with Crippen LogP contribution in [0.25, 0.3) is 0 Å². The number of esters is 4. The summed E-state index contributed by atoms with van der Waals surface area (Å²) in [6.07, 6.45) is 58.8. The van der Waals surface area contributed by atoms with Crippen molar-refractivity contribution >= 4 is 23.9 Å². The van der Waals surface area contributed by atoms with Gasteiger partial charge in [-0.1, -0.05) is 310 Å². The summed E-state index contributed by atoms with van der Waals surface area (Å²) in [5.74, 6) is -2.09. The van der Waals surface area contributed by atoms with E-state index in [9.17, 15) is 39.6 Å². The summed E-state index contributed by atoms with van der Waals surface area (Å²) in [6.45, 7) is 7.57. The third-order valence-corrected chi connectivity index (χ3v) is 18.4. The Bertz CT molecular complexity index is 1300. The number of rotatable bonds is 72. The van der Waals surface area contributed by atoms with Crippen LogP contribution in [0.3, 0.4) is 0 Å². The second-order valence-electron chi connectivity index (χ2n) is 27.6. The van der Waals surface area contributed by atoms with Crippen molar-refractivity contribution in [3.63, 3.8) is 0 Å². The Labute approximate surface area is 549 Å². The zero-order valence-corrected chi connectivity index (χ0v) is 59.1. The maximum absolute atomic E-state index is 13.4. The van der Waals surface area contributed by atoms with Crippen molar-refractivity contribution in [2.24, 2.45) is 5.41 Å². The number of hydrogen-bond acceptors (Lipinski definition) is 12. The maximum Gasteiger partial charge on any atom is 0.305 e. The summed E-state index contributed by atoms with van der Waals surface area (Å²) in [5.41, 5.74) is -1.43. The lowest BCUT2D eigenvalue weighted by atomic mass is 9.92. The van der Waals surface area contributed by atoms with Crippen LogP contribution in [0.5, 0.6) is 0 Å². The average molecular weight is 1270 g/mol. The zero-order valence-electron chi connectivity index (χ0n) is 59.1. The summed E-state index contributed by atoms with van der Waals surface area (Å²) in [7, 11) is 0. The van der Waals surface area contributed by atoms with E-state index in [-0.39, 0.29) is 52.1 Å². The first kappa shape index (κ1) is 86.7. The molecule has 4 atom stereocenters. The van der Waals surface area contributed by atoms with E-state index in [0.29, 0.717) is 77.0 Å². The molecule has 528 valence electrons. The average Bonchev–Trinajstić information content (AvgIpc) is 2.97. The van der Waals surface area contributed by atoms with E-state index >= 15 is 0 Å². The van der Waals surface area contributed by atoms with Crippen molar-refractivity contribution in [3.8, 4) is 0 Å². The summed E-state index contributed by atoms with van der Waals surface area (Å²) < 4.78 is 23.5. The molecule has 4 unspecified atom stereocenters. The van der Waals surface area contributed by atoms with Crippen LogP contribution in [0.2, 0.25) is 0 Å². The standard InChI is InChI=1S/C77H148O12/c1-5-9-13-17-21-25-29-33-37-41-45-53-69(78)57-49-61-73(82)86-65-77(66-87-74(83)62-50-58-70(79)54-46-42-38-34-30-26-22-18-14-10-6-2,67-88-75(84)63-51-59-71(80)55-47-43-39-35-31-27-23-19-15-11-7-3)68-89-76(85)64-52-60-72(81)56-48-44-40-36-32-28-24-20-16-12-8-4/h69-72,78-81H,5-68H2,1-4H3. The highest BCUT2D eigenvalue weighted by atomic mass is 16.6. The third-order valence-electron chi connectivity index (χ3n) is 18.4. The molecule has 0 fully saturated rings. The minimum Gasteiger partial charge on any atom is -0.465 e. The first-order valence-corrected chi connectivity index (χ1v) is 38.7. The van der Waals surface area contributed by atoms with Crippen LogP contribution in [-0.4, -0.2) is 95.1 Å². The van der Waals surface area contributed by atoms with Gasteiger partial charge in [0.2, 0.25) is 0 Å². The summed E-state index contributed by atoms with van der Waals surface area (Å²) in [4.78, 5) is 53.8. The molecule has 4 N–H and O–H groups in total. The number of unbranched alkanes of at least 4 members (excludes halogenated alkanes) is 40. The van der Waals surface area contributed by atoms with Gasteiger partial charge in [0.1, 0.15) is 31.8 Å². The number of carbonyl (C=O) groups excluding carboxylic acids is 4. The fraction of sp³-hybridized carbons (Fsp3) is 0.948. The van der Waals surface area contributed by atoms with Crippen molar-refractivity contribution < 1.29 is 58.6 Å². The molecule has 0 bridgehead atoms. The largest absolute Gasteiger partial charge is 0.465 e. The molecule has 0 radical (unpaired) electrons. The molecule has 12 nitrogen and oxygen atoms in total. The Balaban J connectivity index is 5.71. The van der Waals surface area contributed by atoms with Gasteiger partial charge >= 0.3 is 23.9 Å². The van der Waals surface area contributed by atoms with Crippen molar-refractivity contribution in [3.05, 3.63) is 0 Å². The molecular formula is C77H148O12. The quantitative estimate of drug-likeness (QED) is 0.0257. The van der Waals surface area contributed by atoms with E-state index in [0.717, 1.165) is 51.4 Å². The Hall–Kier alpha value is -2.28. The summed E-state index contributed by atoms with van der Waals surface area (Å²) in [5, 5.41) is 43.1. The topological polar surface area (TPSA) is 186 Å². The van der Waals surface area contributed by atoms with Crippen LogP contribution in [0.4, 0.5) is 0 Å². The first-order chi connectivity index (χ1) is 43.4. The summed E-state index contributed by atoms with van der Waals surface area (Å²) >= 11 is 0. The third kappa shape index (κ3) is 62.9. The highest BCUT2D eigenvalue weighted by Gasteiger charge is 2.38. The molecular weight excluding hydrogens is 1120 g/mol. The Morgan fingerprint density at radius 1 is 0.225 bits per heavy atom. The van der Waals surface area contributed by atoms with Crippen molar-refractivity contribution in [1.82, 2.24) is 0 Å². The van der Waals surface area contributed by atoms with E-state index in [1.165, 1.54) is 231 Å².